The molecule has 0 aliphatic carbocycles. The number of rotatable bonds is 3. The highest BCUT2D eigenvalue weighted by atomic mass is 19.1. The van der Waals surface area contributed by atoms with E-state index in [2.05, 4.69) is 52.1 Å². The number of imidazole rings is 2. The van der Waals surface area contributed by atoms with Gasteiger partial charge in [-0.2, -0.15) is 0 Å². The summed E-state index contributed by atoms with van der Waals surface area (Å²) in [4.78, 5) is 23.1. The van der Waals surface area contributed by atoms with Crippen LogP contribution in [0.1, 0.15) is 52.7 Å². The number of hydrogen-bond acceptors (Lipinski definition) is 4. The van der Waals surface area contributed by atoms with Crippen LogP contribution >= 0.6 is 0 Å². The summed E-state index contributed by atoms with van der Waals surface area (Å²) in [7, 11) is 0. The first-order valence-electron chi connectivity index (χ1n) is 13.6. The molecule has 6 rings (SSSR count). The Kier molecular flexibility index (Phi) is 7.35. The molecule has 210 valence electrons. The third kappa shape index (κ3) is 5.56. The molecular formula is C31H36F2N6O. The van der Waals surface area contributed by atoms with E-state index >= 15 is 0 Å². The van der Waals surface area contributed by atoms with E-state index < -0.39 is 0 Å². The van der Waals surface area contributed by atoms with E-state index in [-0.39, 0.29) is 28.6 Å². The van der Waals surface area contributed by atoms with Crippen molar-refractivity contribution in [2.45, 2.75) is 65.2 Å². The fourth-order valence-corrected chi connectivity index (χ4v) is 5.43. The number of nitrogens with one attached hydrogen (secondary N) is 1. The van der Waals surface area contributed by atoms with Crippen LogP contribution in [0.3, 0.4) is 0 Å². The Morgan fingerprint density at radius 1 is 0.875 bits per heavy atom. The van der Waals surface area contributed by atoms with Gasteiger partial charge in [-0.05, 0) is 52.0 Å². The van der Waals surface area contributed by atoms with Gasteiger partial charge in [0.2, 0.25) is 5.91 Å². The van der Waals surface area contributed by atoms with Crippen molar-refractivity contribution in [3.8, 4) is 22.5 Å². The fourth-order valence-electron chi connectivity index (χ4n) is 5.43. The summed E-state index contributed by atoms with van der Waals surface area (Å²) in [6.45, 7) is 13.2. The van der Waals surface area contributed by atoms with Crippen molar-refractivity contribution in [2.75, 3.05) is 13.1 Å². The van der Waals surface area contributed by atoms with Gasteiger partial charge in [-0.25, -0.2) is 18.7 Å². The Balaban J connectivity index is 0.000000164. The first-order chi connectivity index (χ1) is 19.0. The van der Waals surface area contributed by atoms with Crippen LogP contribution in [-0.2, 0) is 29.0 Å². The second-order valence-corrected chi connectivity index (χ2v) is 11.7. The summed E-state index contributed by atoms with van der Waals surface area (Å²) in [6.07, 6.45) is 4.47. The van der Waals surface area contributed by atoms with E-state index in [4.69, 9.17) is 0 Å². The molecule has 4 aromatic rings. The van der Waals surface area contributed by atoms with Crippen LogP contribution < -0.4 is 5.32 Å². The van der Waals surface area contributed by atoms with E-state index in [9.17, 15) is 13.6 Å². The lowest BCUT2D eigenvalue weighted by atomic mass is 10.0. The maximum absolute atomic E-state index is 13.4. The van der Waals surface area contributed by atoms with Crippen molar-refractivity contribution in [1.29, 1.82) is 0 Å². The summed E-state index contributed by atoms with van der Waals surface area (Å²) < 4.78 is 30.9. The van der Waals surface area contributed by atoms with Gasteiger partial charge < -0.3 is 19.4 Å². The molecule has 4 heterocycles. The number of nitrogens with zero attached hydrogens (tertiary/aromatic N) is 5. The molecule has 2 aromatic heterocycles. The van der Waals surface area contributed by atoms with Crippen LogP contribution in [0.5, 0.6) is 0 Å². The van der Waals surface area contributed by atoms with Crippen molar-refractivity contribution >= 4 is 5.91 Å². The van der Waals surface area contributed by atoms with Gasteiger partial charge in [-0.3, -0.25) is 4.79 Å². The van der Waals surface area contributed by atoms with Gasteiger partial charge in [0.25, 0.3) is 0 Å². The highest BCUT2D eigenvalue weighted by Crippen LogP contribution is 2.30. The number of halogens is 2. The first-order valence-corrected chi connectivity index (χ1v) is 13.6. The lowest BCUT2D eigenvalue weighted by molar-refractivity contribution is -0.134. The summed E-state index contributed by atoms with van der Waals surface area (Å²) >= 11 is 0. The second-order valence-electron chi connectivity index (χ2n) is 11.7. The van der Waals surface area contributed by atoms with Crippen LogP contribution in [0.4, 0.5) is 8.78 Å². The van der Waals surface area contributed by atoms with Gasteiger partial charge in [0.15, 0.2) is 0 Å². The molecule has 7 nitrogen and oxygen atoms in total. The number of fused-ring (bicyclic) bond motifs is 2. The fraction of sp³-hybridized carbons (Fsp3) is 0.387. The first kappa shape index (κ1) is 27.7. The van der Waals surface area contributed by atoms with Gasteiger partial charge in [0.05, 0.1) is 35.6 Å². The quantitative estimate of drug-likeness (QED) is 0.358. The standard InChI is InChI=1S/C17H20FN3O.C14H16FN3/c1-4-16(22)20-10-15-19-14(9-21(15)17(2,3)11-20)12-6-5-7-13(18)8-12;1-14(2)9-16-7-13-17-12(8-18(13)14)10-4-3-5-11(15)6-10/h5-9H,4,10-11H2,1-3H3;3-6,8,16H,7,9H2,1-2H3. The minimum Gasteiger partial charge on any atom is -0.333 e. The Hall–Kier alpha value is -3.85. The van der Waals surface area contributed by atoms with Crippen LogP contribution in [0.25, 0.3) is 22.5 Å². The second kappa shape index (κ2) is 10.6. The van der Waals surface area contributed by atoms with Crippen molar-refractivity contribution in [1.82, 2.24) is 29.3 Å². The minimum absolute atomic E-state index is 0.00611. The van der Waals surface area contributed by atoms with E-state index in [0.29, 0.717) is 19.5 Å². The Bertz CT molecular complexity index is 1540. The summed E-state index contributed by atoms with van der Waals surface area (Å²) in [6, 6.07) is 13.0. The van der Waals surface area contributed by atoms with E-state index in [1.807, 2.05) is 36.4 Å². The van der Waals surface area contributed by atoms with Gasteiger partial charge in [0.1, 0.15) is 23.3 Å². The predicted molar refractivity (Wildman–Crippen MR) is 151 cm³/mol. The van der Waals surface area contributed by atoms with Gasteiger partial charge in [-0.15, -0.1) is 0 Å². The molecule has 0 spiro atoms. The van der Waals surface area contributed by atoms with Crippen molar-refractivity contribution < 1.29 is 13.6 Å². The molecule has 0 saturated carbocycles. The average molecular weight is 547 g/mol. The van der Waals surface area contributed by atoms with Crippen LogP contribution in [-0.4, -0.2) is 43.0 Å². The number of carbonyl (C=O) groups excluding carboxylic acids is 1. The zero-order valence-corrected chi connectivity index (χ0v) is 23.7. The van der Waals surface area contributed by atoms with Crippen molar-refractivity contribution in [2.24, 2.45) is 0 Å². The number of carbonyl (C=O) groups is 1. The molecule has 1 N–H and O–H groups in total. The predicted octanol–water partition coefficient (Wildman–Crippen LogP) is 5.70. The lowest BCUT2D eigenvalue weighted by Gasteiger charge is -2.39. The number of amides is 1. The summed E-state index contributed by atoms with van der Waals surface area (Å²) in [5.41, 5.74) is 2.94. The third-order valence-electron chi connectivity index (χ3n) is 7.51. The molecule has 0 bridgehead atoms. The van der Waals surface area contributed by atoms with Gasteiger partial charge in [-0.1, -0.05) is 31.2 Å². The number of hydrogen-bond donors (Lipinski definition) is 1. The van der Waals surface area contributed by atoms with E-state index in [1.54, 1.807) is 12.1 Å². The third-order valence-corrected chi connectivity index (χ3v) is 7.51. The summed E-state index contributed by atoms with van der Waals surface area (Å²) in [5.74, 6) is 1.49. The highest BCUT2D eigenvalue weighted by Gasteiger charge is 2.34. The van der Waals surface area contributed by atoms with Crippen LogP contribution in [0.15, 0.2) is 60.9 Å². The molecule has 0 fully saturated rings. The lowest BCUT2D eigenvalue weighted by Crippen LogP contribution is -2.48. The largest absolute Gasteiger partial charge is 0.333 e. The molecule has 0 saturated heterocycles. The number of aromatic nitrogens is 4. The molecule has 40 heavy (non-hydrogen) atoms. The molecular weight excluding hydrogens is 510 g/mol. The normalized spacial score (nSPS) is 16.9. The van der Waals surface area contributed by atoms with Crippen LogP contribution in [0.2, 0.25) is 0 Å². The Labute approximate surface area is 233 Å². The maximum Gasteiger partial charge on any atom is 0.222 e. The highest BCUT2D eigenvalue weighted by molar-refractivity contribution is 5.76. The van der Waals surface area contributed by atoms with E-state index in [0.717, 1.165) is 47.3 Å². The number of benzene rings is 2. The minimum atomic E-state index is -0.273. The zero-order valence-electron chi connectivity index (χ0n) is 23.7. The SMILES string of the molecule is CC1(C)CNCc2nc(-c3cccc(F)c3)cn21.CCC(=O)N1Cc2nc(-c3cccc(F)c3)cn2C(C)(C)C1. The molecule has 2 aromatic carbocycles. The smallest absolute Gasteiger partial charge is 0.222 e. The zero-order chi connectivity index (χ0) is 28.7. The van der Waals surface area contributed by atoms with E-state index in [1.165, 1.54) is 24.3 Å². The molecule has 0 atom stereocenters. The molecule has 1 amide bonds. The monoisotopic (exact) mass is 546 g/mol. The van der Waals surface area contributed by atoms with Crippen molar-refractivity contribution in [3.63, 3.8) is 0 Å². The van der Waals surface area contributed by atoms with Gasteiger partial charge in [0, 0.05) is 43.0 Å². The molecule has 2 aliphatic rings. The molecule has 0 radical (unpaired) electrons. The van der Waals surface area contributed by atoms with Crippen LogP contribution in [0, 0.1) is 11.6 Å². The Morgan fingerprint density at radius 3 is 1.95 bits per heavy atom. The average Bonchev–Trinajstić information content (AvgIpc) is 3.55. The topological polar surface area (TPSA) is 68.0 Å². The molecule has 0 unspecified atom stereocenters. The maximum atomic E-state index is 13.4. The van der Waals surface area contributed by atoms with Crippen molar-refractivity contribution in [3.05, 3.63) is 84.2 Å². The Morgan fingerprint density at radius 2 is 1.43 bits per heavy atom. The molecule has 9 heteroatoms. The molecule has 2 aliphatic heterocycles. The summed E-state index contributed by atoms with van der Waals surface area (Å²) in [5, 5.41) is 3.35. The van der Waals surface area contributed by atoms with Gasteiger partial charge >= 0.3 is 0 Å².